The zero-order valence-electron chi connectivity index (χ0n) is 41.3. The minimum Gasteiger partial charge on any atom is -0.495 e. The highest BCUT2D eigenvalue weighted by Crippen LogP contribution is 2.34. The fourth-order valence-corrected chi connectivity index (χ4v) is 8.06. The average molecular weight is 1050 g/mol. The Balaban J connectivity index is 0.000000141. The fraction of sp³-hybridized carbons (Fsp3) is 0.154. The first kappa shape index (κ1) is 51.6. The summed E-state index contributed by atoms with van der Waals surface area (Å²) >= 11 is 0. The van der Waals surface area contributed by atoms with Gasteiger partial charge in [-0.15, -0.1) is 0 Å². The number of halogens is 3. The number of benzene rings is 5. The number of amides is 1. The second-order valence-electron chi connectivity index (χ2n) is 16.9. The molecular weight excluding hydrogens is 1000 g/mol. The molecule has 0 fully saturated rings. The fourth-order valence-electron chi connectivity index (χ4n) is 8.06. The molecule has 25 heteroatoms. The molecular formula is C52H47F3N16O6. The van der Waals surface area contributed by atoms with E-state index in [1.54, 1.807) is 19.1 Å². The van der Waals surface area contributed by atoms with E-state index < -0.39 is 17.6 Å². The van der Waals surface area contributed by atoms with Gasteiger partial charge < -0.3 is 36.9 Å². The maximum atomic E-state index is 12.7. The Kier molecular flexibility index (Phi) is 15.3. The normalized spacial score (nSPS) is 12.0. The van der Waals surface area contributed by atoms with Crippen LogP contribution in [0.3, 0.4) is 0 Å². The van der Waals surface area contributed by atoms with Gasteiger partial charge in [-0.3, -0.25) is 18.9 Å². The van der Waals surface area contributed by atoms with Crippen LogP contribution in [0.4, 0.5) is 36.3 Å². The van der Waals surface area contributed by atoms with Gasteiger partial charge in [-0.25, -0.2) is 23.9 Å². The number of nitrogen functional groups attached to an aromatic ring is 3. The van der Waals surface area contributed by atoms with Gasteiger partial charge in [0.2, 0.25) is 5.91 Å². The van der Waals surface area contributed by atoms with E-state index in [1.165, 1.54) is 12.1 Å². The number of rotatable bonds is 13. The Labute approximate surface area is 435 Å². The molecule has 0 saturated heterocycles. The monoisotopic (exact) mass is 1050 g/mol. The molecule has 7 N–H and O–H groups in total. The van der Waals surface area contributed by atoms with Crippen molar-refractivity contribution in [3.8, 4) is 57.2 Å². The molecule has 0 spiro atoms. The van der Waals surface area contributed by atoms with E-state index in [0.717, 1.165) is 51.6 Å². The van der Waals surface area contributed by atoms with Crippen LogP contribution in [-0.4, -0.2) is 101 Å². The van der Waals surface area contributed by atoms with Gasteiger partial charge in [0.15, 0.2) is 52.0 Å². The number of aryl methyl sites for hydroxylation is 1. The van der Waals surface area contributed by atoms with Crippen LogP contribution < -0.4 is 32.0 Å². The molecule has 5 aromatic heterocycles. The molecule has 0 bridgehead atoms. The summed E-state index contributed by atoms with van der Waals surface area (Å²) in [6.45, 7) is 2.79. The van der Waals surface area contributed by atoms with Gasteiger partial charge in [-0.05, 0) is 92.0 Å². The third-order valence-corrected chi connectivity index (χ3v) is 11.6. The van der Waals surface area contributed by atoms with Crippen LogP contribution in [0.5, 0.6) is 11.5 Å². The topological polar surface area (TPSA) is 294 Å². The van der Waals surface area contributed by atoms with E-state index in [4.69, 9.17) is 45.9 Å². The van der Waals surface area contributed by atoms with E-state index in [0.29, 0.717) is 59.9 Å². The largest absolute Gasteiger partial charge is 0.495 e. The molecule has 1 aliphatic heterocycles. The lowest BCUT2D eigenvalue weighted by molar-refractivity contribution is -0.137. The molecule has 0 radical (unpaired) electrons. The molecule has 6 heterocycles. The van der Waals surface area contributed by atoms with Gasteiger partial charge in [-0.2, -0.15) is 13.2 Å². The molecule has 11 rings (SSSR count). The first-order valence-corrected chi connectivity index (χ1v) is 23.3. The number of alkyl halides is 3. The molecule has 1 aliphatic rings. The van der Waals surface area contributed by atoms with Crippen LogP contribution in [0.2, 0.25) is 0 Å². The summed E-state index contributed by atoms with van der Waals surface area (Å²) < 4.78 is 66.9. The lowest BCUT2D eigenvalue weighted by atomic mass is 10.1. The maximum Gasteiger partial charge on any atom is 0.416 e. The quantitative estimate of drug-likeness (QED) is 0.0851. The number of carbonyl (C=O) groups is 1. The van der Waals surface area contributed by atoms with Crippen molar-refractivity contribution in [2.75, 3.05) is 56.4 Å². The summed E-state index contributed by atoms with van der Waals surface area (Å²) in [6, 6.07) is 38.0. The van der Waals surface area contributed by atoms with E-state index >= 15 is 0 Å². The van der Waals surface area contributed by atoms with Crippen molar-refractivity contribution in [2.45, 2.75) is 19.5 Å². The lowest BCUT2D eigenvalue weighted by Gasteiger charge is -2.18. The number of aliphatic imine (C=N–C) groups is 1. The van der Waals surface area contributed by atoms with Crippen LogP contribution in [0.25, 0.3) is 45.7 Å². The number of anilines is 4. The summed E-state index contributed by atoms with van der Waals surface area (Å²) in [5.74, 6) is 2.79. The molecule has 1 amide bonds. The van der Waals surface area contributed by atoms with E-state index in [9.17, 15) is 18.0 Å². The zero-order valence-corrected chi connectivity index (χ0v) is 41.3. The van der Waals surface area contributed by atoms with Crippen LogP contribution >= 0.6 is 0 Å². The Morgan fingerprint density at radius 1 is 0.662 bits per heavy atom. The van der Waals surface area contributed by atoms with Crippen LogP contribution in [0, 0.1) is 6.92 Å². The number of hydrogen-bond acceptors (Lipinski definition) is 19. The third-order valence-electron chi connectivity index (χ3n) is 11.6. The molecule has 0 saturated carbocycles. The number of ether oxygens (including phenoxy) is 2. The molecule has 22 nitrogen and oxygen atoms in total. The summed E-state index contributed by atoms with van der Waals surface area (Å²) in [5.41, 5.74) is 24.3. The van der Waals surface area contributed by atoms with Crippen molar-refractivity contribution in [3.05, 3.63) is 168 Å². The maximum absolute atomic E-state index is 12.7. The highest BCUT2D eigenvalue weighted by molar-refractivity contribution is 6.04. The van der Waals surface area contributed by atoms with Crippen molar-refractivity contribution < 1.29 is 41.3 Å². The number of carbonyl (C=O) groups excluding carboxylic acids is 1. The van der Waals surface area contributed by atoms with Crippen molar-refractivity contribution in [1.82, 2.24) is 54.9 Å². The Morgan fingerprint density at radius 2 is 1.23 bits per heavy atom. The van der Waals surface area contributed by atoms with Gasteiger partial charge in [0.05, 0.1) is 55.6 Å². The summed E-state index contributed by atoms with van der Waals surface area (Å²) in [4.78, 5) is 27.4. The number of aromatic nitrogens is 10. The number of imidazole rings is 2. The van der Waals surface area contributed by atoms with E-state index in [-0.39, 0.29) is 35.4 Å². The van der Waals surface area contributed by atoms with Crippen molar-refractivity contribution in [2.24, 2.45) is 4.99 Å². The molecule has 5 aromatic carbocycles. The number of amidine groups is 1. The van der Waals surface area contributed by atoms with Gasteiger partial charge >= 0.3 is 6.18 Å². The molecule has 0 atom stereocenters. The molecule has 10 aromatic rings. The van der Waals surface area contributed by atoms with Gasteiger partial charge in [0, 0.05) is 36.6 Å². The predicted octanol–water partition coefficient (Wildman–Crippen LogP) is 7.96. The van der Waals surface area contributed by atoms with E-state index in [1.807, 2.05) is 113 Å². The lowest BCUT2D eigenvalue weighted by Crippen LogP contribution is -2.36. The van der Waals surface area contributed by atoms with Crippen LogP contribution in [0.1, 0.15) is 28.1 Å². The van der Waals surface area contributed by atoms with Crippen molar-refractivity contribution in [1.29, 1.82) is 0 Å². The number of hydrogen-bond donors (Lipinski definition) is 4. The number of methoxy groups -OCH3 is 2. The van der Waals surface area contributed by atoms with Gasteiger partial charge in [0.25, 0.3) is 0 Å². The summed E-state index contributed by atoms with van der Waals surface area (Å²) in [6.07, 6.45) is 0.0819. The Hall–Kier alpha value is -10.3. The van der Waals surface area contributed by atoms with E-state index in [2.05, 4.69) is 64.1 Å². The number of nitrogens with two attached hydrogens (primary N) is 3. The SMILES string of the molecule is COc1ccccc1-n1cc(-c2cccc(C)c2)nc1-c1nonc1N.COc1ccccc1-n1cc(Cc2ccccc2)nc1-c1nonc1N.Nc1nonc1C1=NCCN1CC(=O)Nc1cccc(C(F)(F)F)c1. The minimum absolute atomic E-state index is 0.0453. The third kappa shape index (κ3) is 11.9. The zero-order chi connectivity index (χ0) is 54.1. The Bertz CT molecular complexity index is 3660. The molecule has 0 unspecified atom stereocenters. The number of nitrogens with zero attached hydrogens (tertiary/aromatic N) is 12. The first-order valence-electron chi connectivity index (χ1n) is 23.3. The van der Waals surface area contributed by atoms with Crippen molar-refractivity contribution >= 4 is 34.9 Å². The predicted molar refractivity (Wildman–Crippen MR) is 277 cm³/mol. The second kappa shape index (κ2) is 22.8. The second-order valence-corrected chi connectivity index (χ2v) is 16.9. The number of nitrogens with one attached hydrogen (secondary N) is 1. The first-order chi connectivity index (χ1) is 37.3. The summed E-state index contributed by atoms with van der Waals surface area (Å²) in [5, 5.41) is 24.7. The van der Waals surface area contributed by atoms with Gasteiger partial charge in [-0.1, -0.05) is 84.4 Å². The average Bonchev–Trinajstić information content (AvgIpc) is 4.33. The Morgan fingerprint density at radius 3 is 1.82 bits per heavy atom. The smallest absolute Gasteiger partial charge is 0.416 e. The molecule has 0 aliphatic carbocycles. The molecule has 392 valence electrons. The van der Waals surface area contributed by atoms with Crippen LogP contribution in [0.15, 0.2) is 159 Å². The van der Waals surface area contributed by atoms with Crippen LogP contribution in [-0.2, 0) is 17.4 Å². The van der Waals surface area contributed by atoms with Gasteiger partial charge in [0.1, 0.15) is 11.5 Å². The summed E-state index contributed by atoms with van der Waals surface area (Å²) in [7, 11) is 3.26. The molecule has 77 heavy (non-hydrogen) atoms. The highest BCUT2D eigenvalue weighted by atomic mass is 19.4. The minimum atomic E-state index is -4.48. The number of para-hydroxylation sites is 4. The standard InChI is InChI=1S/2C19H17N5O2.C14H13F3N6O2/c1-12-6-5-7-13(10-12)14-11-24(15-8-3-4-9-16(15)25-2)19(21-14)17-18(20)23-26-22-17;1-25-16-10-6-5-9-15(16)24-12-14(11-13-7-3-2-4-8-13)21-19(24)17-18(20)23-26-22-17;15-14(16,17)8-2-1-3-9(6-8)20-10(24)7-23-5-4-19-13(23)11-12(18)22-25-21-11/h3-11H,1-2H3,(H2,20,23);2-10,12H,11H2,1H3,(H2,20,23);1-3,6H,4-5,7H2,(H2,18,22)(H,20,24). The highest BCUT2D eigenvalue weighted by Gasteiger charge is 2.31. The van der Waals surface area contributed by atoms with Crippen molar-refractivity contribution in [3.63, 3.8) is 0 Å².